The van der Waals surface area contributed by atoms with Crippen LogP contribution in [0.4, 0.5) is 18.3 Å². The Balaban J connectivity index is 2.97. The first-order valence-corrected chi connectivity index (χ1v) is 6.03. The van der Waals surface area contributed by atoms with Gasteiger partial charge >= 0.3 is 6.18 Å². The molecule has 0 saturated heterocycles. The van der Waals surface area contributed by atoms with E-state index >= 15 is 0 Å². The van der Waals surface area contributed by atoms with Crippen LogP contribution >= 0.6 is 22.9 Å². The van der Waals surface area contributed by atoms with E-state index in [2.05, 4.69) is 4.98 Å². The molecule has 8 heteroatoms. The summed E-state index contributed by atoms with van der Waals surface area (Å²) < 4.78 is 37.2. The minimum absolute atomic E-state index is 0.0559. The first-order valence-electron chi connectivity index (χ1n) is 4.84. The standard InChI is InChI=1S/C9H12ClF3N2OS/c1-5(2)15(4-9(11,12)13)8-14-7(10)6(3-16)17-8/h5,16H,3-4H2,1-2H3. The number of alkyl halides is 3. The molecule has 0 atom stereocenters. The Labute approximate surface area is 106 Å². The van der Waals surface area contributed by atoms with Crippen LogP contribution in [0.5, 0.6) is 0 Å². The average molecular weight is 289 g/mol. The van der Waals surface area contributed by atoms with E-state index in [9.17, 15) is 13.2 Å². The summed E-state index contributed by atoms with van der Waals surface area (Å²) in [5, 5.41) is 9.16. The van der Waals surface area contributed by atoms with E-state index in [1.165, 1.54) is 0 Å². The molecule has 0 saturated carbocycles. The zero-order chi connectivity index (χ0) is 13.2. The molecule has 0 unspecified atom stereocenters. The highest BCUT2D eigenvalue weighted by Gasteiger charge is 2.33. The summed E-state index contributed by atoms with van der Waals surface area (Å²) in [6.45, 7) is 1.87. The summed E-state index contributed by atoms with van der Waals surface area (Å²) >= 11 is 6.67. The molecule has 0 bridgehead atoms. The van der Waals surface area contributed by atoms with Gasteiger partial charge in [0.25, 0.3) is 0 Å². The second-order valence-electron chi connectivity index (χ2n) is 3.71. The van der Waals surface area contributed by atoms with Crippen molar-refractivity contribution in [3.63, 3.8) is 0 Å². The molecule has 1 aromatic rings. The fourth-order valence-electron chi connectivity index (χ4n) is 1.21. The minimum atomic E-state index is -4.30. The number of anilines is 1. The van der Waals surface area contributed by atoms with Gasteiger partial charge in [-0.25, -0.2) is 4.98 Å². The summed E-state index contributed by atoms with van der Waals surface area (Å²) in [6, 6.07) is -0.356. The van der Waals surface area contributed by atoms with Crippen molar-refractivity contribution >= 4 is 28.1 Å². The predicted octanol–water partition coefficient (Wildman–Crippen LogP) is 3.07. The van der Waals surface area contributed by atoms with E-state index in [1.807, 2.05) is 0 Å². The number of nitrogens with zero attached hydrogens (tertiary/aromatic N) is 2. The molecule has 1 N–H and O–H groups in total. The Kier molecular flexibility index (Phi) is 4.62. The Morgan fingerprint density at radius 3 is 2.41 bits per heavy atom. The number of aliphatic hydroxyl groups excluding tert-OH is 1. The summed E-state index contributed by atoms with van der Waals surface area (Å²) in [5.41, 5.74) is 0. The second kappa shape index (κ2) is 5.41. The summed E-state index contributed by atoms with van der Waals surface area (Å²) in [7, 11) is 0. The third-order valence-electron chi connectivity index (χ3n) is 2.00. The average Bonchev–Trinajstić information content (AvgIpc) is 2.54. The van der Waals surface area contributed by atoms with E-state index in [0.29, 0.717) is 4.88 Å². The molecule has 0 aromatic carbocycles. The van der Waals surface area contributed by atoms with Gasteiger partial charge in [0, 0.05) is 6.04 Å². The highest BCUT2D eigenvalue weighted by Crippen LogP contribution is 2.32. The summed E-state index contributed by atoms with van der Waals surface area (Å²) in [5.74, 6) is 0. The highest BCUT2D eigenvalue weighted by molar-refractivity contribution is 7.16. The van der Waals surface area contributed by atoms with E-state index in [-0.39, 0.29) is 22.9 Å². The molecule has 17 heavy (non-hydrogen) atoms. The zero-order valence-electron chi connectivity index (χ0n) is 9.25. The van der Waals surface area contributed by atoms with Gasteiger partial charge < -0.3 is 10.0 Å². The SMILES string of the molecule is CC(C)N(CC(F)(F)F)c1nc(Cl)c(CO)s1. The first-order chi connectivity index (χ1) is 7.74. The van der Waals surface area contributed by atoms with Gasteiger partial charge in [-0.05, 0) is 13.8 Å². The van der Waals surface area contributed by atoms with Crippen molar-refractivity contribution in [2.45, 2.75) is 32.7 Å². The zero-order valence-corrected chi connectivity index (χ0v) is 10.8. The maximum atomic E-state index is 12.4. The van der Waals surface area contributed by atoms with Crippen molar-refractivity contribution in [1.82, 2.24) is 4.98 Å². The van der Waals surface area contributed by atoms with Gasteiger partial charge in [-0.3, -0.25) is 0 Å². The van der Waals surface area contributed by atoms with Crippen LogP contribution in [0.3, 0.4) is 0 Å². The topological polar surface area (TPSA) is 36.4 Å². The van der Waals surface area contributed by atoms with E-state index in [0.717, 1.165) is 16.2 Å². The van der Waals surface area contributed by atoms with Gasteiger partial charge in [-0.2, -0.15) is 13.2 Å². The van der Waals surface area contributed by atoms with Crippen molar-refractivity contribution in [1.29, 1.82) is 0 Å². The number of aromatic nitrogens is 1. The van der Waals surface area contributed by atoms with Crippen LogP contribution in [0.1, 0.15) is 18.7 Å². The lowest BCUT2D eigenvalue weighted by atomic mass is 10.3. The molecule has 1 heterocycles. The molecule has 98 valence electrons. The maximum absolute atomic E-state index is 12.4. The third kappa shape index (κ3) is 4.01. The van der Waals surface area contributed by atoms with E-state index in [1.54, 1.807) is 13.8 Å². The highest BCUT2D eigenvalue weighted by atomic mass is 35.5. The van der Waals surface area contributed by atoms with Crippen molar-refractivity contribution < 1.29 is 18.3 Å². The monoisotopic (exact) mass is 288 g/mol. The Morgan fingerprint density at radius 1 is 1.47 bits per heavy atom. The Morgan fingerprint density at radius 2 is 2.06 bits per heavy atom. The molecule has 0 aliphatic rings. The van der Waals surface area contributed by atoms with Crippen molar-refractivity contribution in [3.8, 4) is 0 Å². The molecule has 0 amide bonds. The molecule has 3 nitrogen and oxygen atoms in total. The van der Waals surface area contributed by atoms with Crippen LogP contribution in [0.25, 0.3) is 0 Å². The summed E-state index contributed by atoms with van der Waals surface area (Å²) in [6.07, 6.45) is -4.30. The lowest BCUT2D eigenvalue weighted by Gasteiger charge is -2.26. The normalized spacial score (nSPS) is 12.2. The quantitative estimate of drug-likeness (QED) is 0.925. The molecule has 0 aliphatic heterocycles. The van der Waals surface area contributed by atoms with E-state index in [4.69, 9.17) is 16.7 Å². The number of halogens is 4. The Hall–Kier alpha value is -0.530. The number of rotatable bonds is 4. The number of thiazole rings is 1. The first kappa shape index (κ1) is 14.5. The molecule has 0 spiro atoms. The van der Waals surface area contributed by atoms with Crippen LogP contribution in [0, 0.1) is 0 Å². The molecule has 0 fully saturated rings. The van der Waals surface area contributed by atoms with E-state index < -0.39 is 12.7 Å². The summed E-state index contributed by atoms with van der Waals surface area (Å²) in [4.78, 5) is 5.31. The van der Waals surface area contributed by atoms with Gasteiger partial charge in [0.2, 0.25) is 0 Å². The van der Waals surface area contributed by atoms with Gasteiger partial charge in [-0.15, -0.1) is 0 Å². The lowest BCUT2D eigenvalue weighted by Crippen LogP contribution is -2.39. The molecule has 1 aromatic heterocycles. The molecule has 0 aliphatic carbocycles. The third-order valence-corrected chi connectivity index (χ3v) is 3.50. The van der Waals surface area contributed by atoms with Gasteiger partial charge in [-0.1, -0.05) is 22.9 Å². The van der Waals surface area contributed by atoms with Gasteiger partial charge in [0.1, 0.15) is 11.7 Å². The van der Waals surface area contributed by atoms with Crippen LogP contribution in [0.2, 0.25) is 5.15 Å². The van der Waals surface area contributed by atoms with Crippen molar-refractivity contribution in [2.75, 3.05) is 11.4 Å². The predicted molar refractivity (Wildman–Crippen MR) is 61.6 cm³/mol. The molecular weight excluding hydrogens is 277 g/mol. The van der Waals surface area contributed by atoms with Gasteiger partial charge in [0.05, 0.1) is 11.5 Å². The minimum Gasteiger partial charge on any atom is -0.391 e. The molecular formula is C9H12ClF3N2OS. The fraction of sp³-hybridized carbons (Fsp3) is 0.667. The smallest absolute Gasteiger partial charge is 0.391 e. The van der Waals surface area contributed by atoms with Crippen molar-refractivity contribution in [3.05, 3.63) is 10.0 Å². The number of hydrogen-bond donors (Lipinski definition) is 1. The van der Waals surface area contributed by atoms with Crippen LogP contribution < -0.4 is 4.90 Å². The lowest BCUT2D eigenvalue weighted by molar-refractivity contribution is -0.120. The molecule has 0 radical (unpaired) electrons. The number of hydrogen-bond acceptors (Lipinski definition) is 4. The van der Waals surface area contributed by atoms with Crippen LogP contribution in [-0.4, -0.2) is 28.9 Å². The second-order valence-corrected chi connectivity index (χ2v) is 5.13. The van der Waals surface area contributed by atoms with Crippen LogP contribution in [-0.2, 0) is 6.61 Å². The van der Waals surface area contributed by atoms with Crippen molar-refractivity contribution in [2.24, 2.45) is 0 Å². The Bertz CT molecular complexity index is 381. The fourth-order valence-corrected chi connectivity index (χ4v) is 2.46. The van der Waals surface area contributed by atoms with Crippen LogP contribution in [0.15, 0.2) is 0 Å². The van der Waals surface area contributed by atoms with Gasteiger partial charge in [0.15, 0.2) is 5.13 Å². The maximum Gasteiger partial charge on any atom is 0.406 e. The number of aliphatic hydroxyl groups is 1. The largest absolute Gasteiger partial charge is 0.406 e. The molecule has 1 rings (SSSR count).